The van der Waals surface area contributed by atoms with E-state index in [1.807, 2.05) is 51.1 Å². The van der Waals surface area contributed by atoms with Crippen LogP contribution in [0.1, 0.15) is 43.4 Å². The quantitative estimate of drug-likeness (QED) is 0.674. The number of benzene rings is 1. The molecule has 1 amide bonds. The van der Waals surface area contributed by atoms with Crippen LogP contribution in [0.2, 0.25) is 0 Å². The van der Waals surface area contributed by atoms with E-state index >= 15 is 0 Å². The molecule has 2 aromatic heterocycles. The molecule has 0 aliphatic carbocycles. The lowest BCUT2D eigenvalue weighted by molar-refractivity contribution is -0.122. The molecular formula is C23H25N5OS. The van der Waals surface area contributed by atoms with Gasteiger partial charge in [0.15, 0.2) is 10.8 Å². The number of pyridine rings is 1. The third-order valence-electron chi connectivity index (χ3n) is 5.72. The lowest BCUT2D eigenvalue weighted by Crippen LogP contribution is -2.43. The average Bonchev–Trinajstić information content (AvgIpc) is 3.40. The Morgan fingerprint density at radius 3 is 2.87 bits per heavy atom. The van der Waals surface area contributed by atoms with E-state index in [4.69, 9.17) is 4.98 Å². The van der Waals surface area contributed by atoms with Crippen molar-refractivity contribution in [2.75, 3.05) is 11.4 Å². The molecule has 3 heterocycles. The summed E-state index contributed by atoms with van der Waals surface area (Å²) in [4.78, 5) is 24.2. The maximum Gasteiger partial charge on any atom is 0.243 e. The van der Waals surface area contributed by atoms with Gasteiger partial charge in [-0.25, -0.2) is 4.98 Å². The Labute approximate surface area is 180 Å². The summed E-state index contributed by atoms with van der Waals surface area (Å²) >= 11 is 1.56. The number of nitrogens with one attached hydrogen (secondary N) is 1. The predicted octanol–water partition coefficient (Wildman–Crippen LogP) is 4.09. The van der Waals surface area contributed by atoms with Crippen LogP contribution in [0.15, 0.2) is 36.5 Å². The van der Waals surface area contributed by atoms with Gasteiger partial charge in [-0.15, -0.1) is 0 Å². The molecule has 1 fully saturated rings. The van der Waals surface area contributed by atoms with Gasteiger partial charge in [-0.3, -0.25) is 4.79 Å². The number of aromatic nitrogens is 2. The van der Waals surface area contributed by atoms with Gasteiger partial charge in [-0.2, -0.15) is 10.2 Å². The van der Waals surface area contributed by atoms with Gasteiger partial charge in [-0.1, -0.05) is 41.7 Å². The summed E-state index contributed by atoms with van der Waals surface area (Å²) in [7, 11) is 0. The Kier molecular flexibility index (Phi) is 5.44. The zero-order chi connectivity index (χ0) is 21.3. The fourth-order valence-electron chi connectivity index (χ4n) is 3.96. The largest absolute Gasteiger partial charge is 0.350 e. The van der Waals surface area contributed by atoms with Gasteiger partial charge < -0.3 is 10.2 Å². The topological polar surface area (TPSA) is 81.9 Å². The summed E-state index contributed by atoms with van der Waals surface area (Å²) in [6.07, 6.45) is 3.53. The smallest absolute Gasteiger partial charge is 0.243 e. The van der Waals surface area contributed by atoms with Crippen LogP contribution in [0.25, 0.3) is 10.3 Å². The molecule has 0 saturated carbocycles. The highest BCUT2D eigenvalue weighted by Gasteiger charge is 2.33. The van der Waals surface area contributed by atoms with Crippen molar-refractivity contribution in [3.8, 4) is 6.07 Å². The van der Waals surface area contributed by atoms with Crippen molar-refractivity contribution in [2.24, 2.45) is 0 Å². The summed E-state index contributed by atoms with van der Waals surface area (Å²) in [5, 5.41) is 13.4. The number of amides is 1. The van der Waals surface area contributed by atoms with Crippen molar-refractivity contribution in [3.05, 3.63) is 53.2 Å². The van der Waals surface area contributed by atoms with Crippen molar-refractivity contribution in [2.45, 2.75) is 51.6 Å². The number of rotatable bonds is 5. The maximum atomic E-state index is 12.9. The third kappa shape index (κ3) is 3.75. The molecule has 0 unspecified atom stereocenters. The number of fused-ring (bicyclic) bond motifs is 1. The number of carbonyl (C=O) groups is 1. The van der Waals surface area contributed by atoms with Crippen molar-refractivity contribution in [1.82, 2.24) is 15.3 Å². The van der Waals surface area contributed by atoms with Crippen LogP contribution in [-0.4, -0.2) is 28.5 Å². The molecule has 0 spiro atoms. The zero-order valence-electron chi connectivity index (χ0n) is 17.5. The molecule has 1 aliphatic heterocycles. The molecule has 154 valence electrons. The first kappa shape index (κ1) is 20.3. The molecule has 4 rings (SSSR count). The molecule has 1 saturated heterocycles. The third-order valence-corrected chi connectivity index (χ3v) is 6.92. The highest BCUT2D eigenvalue weighted by atomic mass is 32.1. The first-order valence-electron chi connectivity index (χ1n) is 10.2. The second-order valence-electron chi connectivity index (χ2n) is 8.24. The van der Waals surface area contributed by atoms with Crippen molar-refractivity contribution < 1.29 is 4.79 Å². The van der Waals surface area contributed by atoms with E-state index in [2.05, 4.69) is 21.3 Å². The molecule has 0 radical (unpaired) electrons. The van der Waals surface area contributed by atoms with Crippen LogP contribution in [0, 0.1) is 18.3 Å². The van der Waals surface area contributed by atoms with E-state index in [0.29, 0.717) is 12.2 Å². The second-order valence-corrected chi connectivity index (χ2v) is 9.22. The Morgan fingerprint density at radius 2 is 2.13 bits per heavy atom. The van der Waals surface area contributed by atoms with Crippen molar-refractivity contribution >= 4 is 32.7 Å². The van der Waals surface area contributed by atoms with Crippen LogP contribution < -0.4 is 10.2 Å². The van der Waals surface area contributed by atoms with Gasteiger partial charge >= 0.3 is 0 Å². The Balaban J connectivity index is 1.57. The van der Waals surface area contributed by atoms with Crippen LogP contribution in [0.5, 0.6) is 0 Å². The van der Waals surface area contributed by atoms with Crippen LogP contribution >= 0.6 is 11.3 Å². The molecule has 0 bridgehead atoms. The minimum Gasteiger partial charge on any atom is -0.350 e. The number of carbonyl (C=O) groups excluding carboxylic acids is 1. The normalized spacial score (nSPS) is 16.6. The molecule has 1 atom stereocenters. The Hall–Kier alpha value is -2.98. The number of hydrogen-bond acceptors (Lipinski definition) is 6. The van der Waals surface area contributed by atoms with E-state index in [9.17, 15) is 10.1 Å². The second kappa shape index (κ2) is 8.04. The summed E-state index contributed by atoms with van der Waals surface area (Å²) in [6.45, 7) is 7.15. The standard InChI is InChI=1S/C23H25N5OS/c1-15-17(23(2,3)14-24)13-25-20-19(15)30-22(27-20)28-11-7-10-18(28)21(29)26-12-16-8-5-4-6-9-16/h4-6,8-9,13,18H,7,10-12H2,1-3H3,(H,26,29)/t18-/m1/s1. The highest BCUT2D eigenvalue weighted by molar-refractivity contribution is 7.22. The van der Waals surface area contributed by atoms with E-state index in [-0.39, 0.29) is 11.9 Å². The first-order valence-corrected chi connectivity index (χ1v) is 11.0. The van der Waals surface area contributed by atoms with E-state index < -0.39 is 5.41 Å². The van der Waals surface area contributed by atoms with Crippen molar-refractivity contribution in [1.29, 1.82) is 5.26 Å². The molecule has 7 heteroatoms. The van der Waals surface area contributed by atoms with Gasteiger partial charge in [0.1, 0.15) is 6.04 Å². The maximum absolute atomic E-state index is 12.9. The zero-order valence-corrected chi connectivity index (χ0v) is 18.3. The van der Waals surface area contributed by atoms with Gasteiger partial charge in [0, 0.05) is 19.3 Å². The number of aryl methyl sites for hydroxylation is 1. The van der Waals surface area contributed by atoms with Crippen LogP contribution in [0.3, 0.4) is 0 Å². The summed E-state index contributed by atoms with van der Waals surface area (Å²) in [5.74, 6) is 0.0339. The first-order chi connectivity index (χ1) is 14.4. The number of nitriles is 1. The minimum atomic E-state index is -0.608. The number of hydrogen-bond donors (Lipinski definition) is 1. The highest BCUT2D eigenvalue weighted by Crippen LogP contribution is 2.37. The fourth-order valence-corrected chi connectivity index (χ4v) is 5.07. The summed E-state index contributed by atoms with van der Waals surface area (Å²) in [6, 6.07) is 12.1. The molecule has 1 aliphatic rings. The monoisotopic (exact) mass is 419 g/mol. The SMILES string of the molecule is Cc1c(C(C)(C)C#N)cnc2nc(N3CCC[C@@H]3C(=O)NCc3ccccc3)sc12. The van der Waals surface area contributed by atoms with Crippen LogP contribution in [0.4, 0.5) is 5.13 Å². The molecule has 1 aromatic carbocycles. The summed E-state index contributed by atoms with van der Waals surface area (Å²) < 4.78 is 0.987. The molecule has 3 aromatic rings. The minimum absolute atomic E-state index is 0.0339. The van der Waals surface area contributed by atoms with Crippen molar-refractivity contribution in [3.63, 3.8) is 0 Å². The van der Waals surface area contributed by atoms with E-state index in [1.54, 1.807) is 17.5 Å². The predicted molar refractivity (Wildman–Crippen MR) is 119 cm³/mol. The number of nitrogens with zero attached hydrogens (tertiary/aromatic N) is 4. The molecule has 6 nitrogen and oxygen atoms in total. The lowest BCUT2D eigenvalue weighted by atomic mass is 9.85. The van der Waals surface area contributed by atoms with E-state index in [0.717, 1.165) is 45.9 Å². The molecule has 1 N–H and O–H groups in total. The fraction of sp³-hybridized carbons (Fsp3) is 0.391. The number of anilines is 1. The lowest BCUT2D eigenvalue weighted by Gasteiger charge is -2.23. The number of thiazole rings is 1. The molecule has 30 heavy (non-hydrogen) atoms. The van der Waals surface area contributed by atoms with Gasteiger partial charge in [0.05, 0.1) is 16.2 Å². The Morgan fingerprint density at radius 1 is 1.37 bits per heavy atom. The van der Waals surface area contributed by atoms with Gasteiger partial charge in [-0.05, 0) is 50.3 Å². The average molecular weight is 420 g/mol. The summed E-state index contributed by atoms with van der Waals surface area (Å²) in [5.41, 5.74) is 3.12. The Bertz CT molecular complexity index is 1120. The van der Waals surface area contributed by atoms with E-state index in [1.165, 1.54) is 0 Å². The van der Waals surface area contributed by atoms with Crippen LogP contribution in [-0.2, 0) is 16.8 Å². The van der Waals surface area contributed by atoms with Gasteiger partial charge in [0.2, 0.25) is 5.91 Å². The van der Waals surface area contributed by atoms with Gasteiger partial charge in [0.25, 0.3) is 0 Å². The molecular weight excluding hydrogens is 394 g/mol.